The largest absolute Gasteiger partial charge is 0.484 e. The predicted octanol–water partition coefficient (Wildman–Crippen LogP) is 4.02. The summed E-state index contributed by atoms with van der Waals surface area (Å²) in [4.78, 5) is 37.0. The molecule has 30 heavy (non-hydrogen) atoms. The molecule has 1 heterocycles. The maximum atomic E-state index is 12.5. The molecule has 2 aromatic rings. The summed E-state index contributed by atoms with van der Waals surface area (Å²) in [5.74, 6) is 0.129. The fraction of sp³-hybridized carbons (Fsp3) is 0.364. The first-order valence-corrected chi connectivity index (χ1v) is 9.95. The van der Waals surface area contributed by atoms with Crippen LogP contribution >= 0.6 is 0 Å². The number of likely N-dealkylation sites (tertiary alicyclic amines) is 1. The lowest BCUT2D eigenvalue weighted by Crippen LogP contribution is -2.49. The Balaban J connectivity index is 1.54. The average molecular weight is 411 g/mol. The number of nitrogens with zero attached hydrogens (tertiary/aromatic N) is 2. The molecule has 2 amide bonds. The van der Waals surface area contributed by atoms with Gasteiger partial charge in [-0.25, -0.2) is 0 Å². The van der Waals surface area contributed by atoms with Crippen LogP contribution in [0.4, 0.5) is 11.4 Å². The topological polar surface area (TPSA) is 102 Å². The molecular weight excluding hydrogens is 386 g/mol. The molecular formula is C22H25N3O5. The highest BCUT2D eigenvalue weighted by Gasteiger charge is 2.28. The Bertz CT molecular complexity index is 901. The van der Waals surface area contributed by atoms with Gasteiger partial charge in [0.25, 0.3) is 17.5 Å². The van der Waals surface area contributed by atoms with Crippen molar-refractivity contribution in [3.63, 3.8) is 0 Å². The molecule has 0 bridgehead atoms. The second kappa shape index (κ2) is 9.39. The highest BCUT2D eigenvalue weighted by molar-refractivity contribution is 6.04. The molecule has 158 valence electrons. The van der Waals surface area contributed by atoms with Gasteiger partial charge in [-0.15, -0.1) is 0 Å². The Labute approximate surface area is 175 Å². The molecule has 0 radical (unpaired) electrons. The van der Waals surface area contributed by atoms with Crippen LogP contribution in [-0.2, 0) is 4.79 Å². The normalized spacial score (nSPS) is 18.5. The second-order valence-electron chi connectivity index (χ2n) is 7.50. The number of carbonyl (C=O) groups is 2. The molecule has 0 aliphatic carbocycles. The molecule has 2 atom stereocenters. The van der Waals surface area contributed by atoms with Crippen LogP contribution < -0.4 is 10.1 Å². The van der Waals surface area contributed by atoms with Gasteiger partial charge in [0, 0.05) is 35.5 Å². The zero-order valence-electron chi connectivity index (χ0n) is 17.0. The van der Waals surface area contributed by atoms with Gasteiger partial charge in [0.05, 0.1) is 4.92 Å². The molecule has 8 nitrogen and oxygen atoms in total. The maximum Gasteiger partial charge on any atom is 0.269 e. The average Bonchev–Trinajstić information content (AvgIpc) is 2.73. The molecule has 1 aliphatic heterocycles. The van der Waals surface area contributed by atoms with Crippen LogP contribution in [0.2, 0.25) is 0 Å². The molecule has 1 fully saturated rings. The van der Waals surface area contributed by atoms with Crippen molar-refractivity contribution >= 4 is 23.2 Å². The Morgan fingerprint density at radius 3 is 2.23 bits per heavy atom. The van der Waals surface area contributed by atoms with E-state index >= 15 is 0 Å². The Morgan fingerprint density at radius 2 is 1.67 bits per heavy atom. The van der Waals surface area contributed by atoms with Gasteiger partial charge < -0.3 is 15.0 Å². The Morgan fingerprint density at radius 1 is 1.07 bits per heavy atom. The third kappa shape index (κ3) is 5.14. The zero-order chi connectivity index (χ0) is 21.7. The number of nitro benzene ring substituents is 1. The van der Waals surface area contributed by atoms with Crippen molar-refractivity contribution in [1.82, 2.24) is 4.90 Å². The highest BCUT2D eigenvalue weighted by Crippen LogP contribution is 2.23. The molecule has 2 unspecified atom stereocenters. The lowest BCUT2D eigenvalue weighted by Gasteiger charge is -2.38. The van der Waals surface area contributed by atoms with E-state index in [1.54, 1.807) is 24.3 Å². The number of benzene rings is 2. The number of rotatable bonds is 6. The first-order chi connectivity index (χ1) is 14.3. The maximum absolute atomic E-state index is 12.5. The summed E-state index contributed by atoms with van der Waals surface area (Å²) in [7, 11) is 0. The van der Waals surface area contributed by atoms with E-state index in [1.165, 1.54) is 24.3 Å². The monoisotopic (exact) mass is 411 g/mol. The first-order valence-electron chi connectivity index (χ1n) is 9.95. The van der Waals surface area contributed by atoms with Crippen molar-refractivity contribution in [2.75, 3.05) is 11.9 Å². The van der Waals surface area contributed by atoms with Crippen LogP contribution in [0.5, 0.6) is 5.75 Å². The number of anilines is 1. The summed E-state index contributed by atoms with van der Waals surface area (Å²) in [5, 5.41) is 13.4. The number of amides is 2. The van der Waals surface area contributed by atoms with Crippen LogP contribution in [-0.4, -0.2) is 40.3 Å². The van der Waals surface area contributed by atoms with E-state index in [2.05, 4.69) is 19.2 Å². The highest BCUT2D eigenvalue weighted by atomic mass is 16.6. The van der Waals surface area contributed by atoms with Crippen LogP contribution in [0.3, 0.4) is 0 Å². The van der Waals surface area contributed by atoms with Gasteiger partial charge in [0.1, 0.15) is 5.75 Å². The number of nitro groups is 1. The van der Waals surface area contributed by atoms with Crippen molar-refractivity contribution in [2.45, 2.75) is 45.2 Å². The van der Waals surface area contributed by atoms with Crippen LogP contribution in [0.1, 0.15) is 43.5 Å². The molecule has 8 heteroatoms. The molecule has 0 spiro atoms. The second-order valence-corrected chi connectivity index (χ2v) is 7.50. The Hall–Kier alpha value is -3.42. The fourth-order valence-corrected chi connectivity index (χ4v) is 3.70. The standard InChI is InChI=1S/C22H25N3O5/c1-15-4-3-5-16(2)24(15)21(26)14-30-20-12-6-17(7-13-20)22(27)23-18-8-10-19(11-9-18)25(28)29/h6-13,15-16H,3-5,14H2,1-2H3,(H,23,27). The fourth-order valence-electron chi connectivity index (χ4n) is 3.70. The molecule has 1 aliphatic rings. The van der Waals surface area contributed by atoms with E-state index in [4.69, 9.17) is 4.74 Å². The van der Waals surface area contributed by atoms with Gasteiger partial charge in [-0.2, -0.15) is 0 Å². The van der Waals surface area contributed by atoms with E-state index in [1.807, 2.05) is 4.90 Å². The predicted molar refractivity (Wildman–Crippen MR) is 113 cm³/mol. The summed E-state index contributed by atoms with van der Waals surface area (Å²) in [6, 6.07) is 12.5. The quantitative estimate of drug-likeness (QED) is 0.571. The van der Waals surface area contributed by atoms with Gasteiger partial charge in [-0.1, -0.05) is 0 Å². The SMILES string of the molecule is CC1CCCC(C)N1C(=O)COc1ccc(C(=O)Nc2ccc([N+](=O)[O-])cc2)cc1. The zero-order valence-corrected chi connectivity index (χ0v) is 17.0. The van der Waals surface area contributed by atoms with E-state index < -0.39 is 4.92 Å². The Kier molecular flexibility index (Phi) is 6.66. The van der Waals surface area contributed by atoms with Gasteiger partial charge in [0.2, 0.25) is 0 Å². The van der Waals surface area contributed by atoms with Crippen molar-refractivity contribution < 1.29 is 19.2 Å². The number of nitrogens with one attached hydrogen (secondary N) is 1. The van der Waals surface area contributed by atoms with Crippen molar-refractivity contribution in [2.24, 2.45) is 0 Å². The first kappa shape index (κ1) is 21.3. The van der Waals surface area contributed by atoms with E-state index in [9.17, 15) is 19.7 Å². The summed E-state index contributed by atoms with van der Waals surface area (Å²) in [5.41, 5.74) is 0.823. The third-order valence-corrected chi connectivity index (χ3v) is 5.30. The number of non-ortho nitro benzene ring substituents is 1. The lowest BCUT2D eigenvalue weighted by atomic mass is 9.97. The van der Waals surface area contributed by atoms with Crippen LogP contribution in [0.25, 0.3) is 0 Å². The summed E-state index contributed by atoms with van der Waals surface area (Å²) < 4.78 is 5.62. The molecule has 1 N–H and O–H groups in total. The smallest absolute Gasteiger partial charge is 0.269 e. The number of carbonyl (C=O) groups excluding carboxylic acids is 2. The summed E-state index contributed by atoms with van der Waals surface area (Å²) in [6.45, 7) is 4.08. The van der Waals surface area contributed by atoms with E-state index in [-0.39, 0.29) is 36.2 Å². The third-order valence-electron chi connectivity index (χ3n) is 5.30. The van der Waals surface area contributed by atoms with Crippen molar-refractivity contribution in [1.29, 1.82) is 0 Å². The van der Waals surface area contributed by atoms with Gasteiger partial charge in [-0.3, -0.25) is 19.7 Å². The van der Waals surface area contributed by atoms with Crippen molar-refractivity contribution in [3.05, 3.63) is 64.2 Å². The van der Waals surface area contributed by atoms with Gasteiger partial charge in [0.15, 0.2) is 6.61 Å². The van der Waals surface area contributed by atoms with Crippen LogP contribution in [0, 0.1) is 10.1 Å². The lowest BCUT2D eigenvalue weighted by molar-refractivity contribution is -0.384. The minimum Gasteiger partial charge on any atom is -0.484 e. The molecule has 0 aromatic heterocycles. The van der Waals surface area contributed by atoms with Gasteiger partial charge in [-0.05, 0) is 69.5 Å². The number of hydrogen-bond donors (Lipinski definition) is 1. The minimum atomic E-state index is -0.498. The van der Waals surface area contributed by atoms with Crippen LogP contribution in [0.15, 0.2) is 48.5 Å². The number of hydrogen-bond acceptors (Lipinski definition) is 5. The molecule has 2 aromatic carbocycles. The summed E-state index contributed by atoms with van der Waals surface area (Å²) >= 11 is 0. The van der Waals surface area contributed by atoms with E-state index in [0.717, 1.165) is 19.3 Å². The van der Waals surface area contributed by atoms with Gasteiger partial charge >= 0.3 is 0 Å². The van der Waals surface area contributed by atoms with E-state index in [0.29, 0.717) is 17.0 Å². The molecule has 0 saturated carbocycles. The van der Waals surface area contributed by atoms with Crippen molar-refractivity contribution in [3.8, 4) is 5.75 Å². The summed E-state index contributed by atoms with van der Waals surface area (Å²) in [6.07, 6.45) is 3.15. The minimum absolute atomic E-state index is 0.0327. The number of ether oxygens (including phenoxy) is 1. The molecule has 3 rings (SSSR count). The number of piperidine rings is 1. The molecule has 1 saturated heterocycles.